The molecule has 0 saturated heterocycles. The molecule has 0 rings (SSSR count). The Hall–Kier alpha value is -0.460. The van der Waals surface area contributed by atoms with Crippen molar-refractivity contribution in [1.82, 2.24) is 4.90 Å². The number of allylic oxidation sites excluding steroid dienone is 2. The first-order valence-corrected chi connectivity index (χ1v) is 10.1. The highest BCUT2D eigenvalue weighted by atomic mass is 15.2. The van der Waals surface area contributed by atoms with Gasteiger partial charge in [-0.25, -0.2) is 0 Å². The average molecular weight is 310 g/mol. The molecule has 0 unspecified atom stereocenters. The van der Waals surface area contributed by atoms with Crippen LogP contribution in [0.3, 0.4) is 0 Å². The van der Waals surface area contributed by atoms with Crippen LogP contribution in [-0.4, -0.2) is 17.0 Å². The number of nitrogens with zero attached hydrogens (tertiary/aromatic N) is 1. The number of hydrogen-bond donors (Lipinski definition) is 0. The van der Waals surface area contributed by atoms with Crippen molar-refractivity contribution >= 4 is 0 Å². The fraction of sp³-hybridized carbons (Fsp3) is 0.905. The summed E-state index contributed by atoms with van der Waals surface area (Å²) in [7, 11) is 0. The van der Waals surface area contributed by atoms with Gasteiger partial charge in [0.25, 0.3) is 0 Å². The van der Waals surface area contributed by atoms with E-state index < -0.39 is 0 Å². The fourth-order valence-corrected chi connectivity index (χ4v) is 4.03. The Labute approximate surface area is 141 Å². The quantitative estimate of drug-likeness (QED) is 0.369. The predicted molar refractivity (Wildman–Crippen MR) is 102 cm³/mol. The zero-order valence-corrected chi connectivity index (χ0v) is 16.8. The largest absolute Gasteiger partial charge is 0.369 e. The molecule has 0 aromatic heterocycles. The summed E-state index contributed by atoms with van der Waals surface area (Å²) >= 11 is 0. The summed E-state index contributed by atoms with van der Waals surface area (Å²) in [6.07, 6.45) is 10.00. The summed E-state index contributed by atoms with van der Waals surface area (Å²) in [6, 6.07) is 1.40. The molecule has 0 fully saturated rings. The van der Waals surface area contributed by atoms with Gasteiger partial charge in [-0.1, -0.05) is 61.0 Å². The molecule has 0 aliphatic rings. The van der Waals surface area contributed by atoms with E-state index in [1.807, 2.05) is 0 Å². The van der Waals surface area contributed by atoms with Crippen molar-refractivity contribution in [1.29, 1.82) is 0 Å². The Morgan fingerprint density at radius 1 is 0.591 bits per heavy atom. The second-order valence-electron chi connectivity index (χ2n) is 6.56. The molecule has 0 heterocycles. The van der Waals surface area contributed by atoms with E-state index in [4.69, 9.17) is 0 Å². The molecule has 1 nitrogen and oxygen atoms in total. The number of rotatable bonds is 12. The van der Waals surface area contributed by atoms with Crippen molar-refractivity contribution in [2.45, 2.75) is 119 Å². The monoisotopic (exact) mass is 309 g/mol. The summed E-state index contributed by atoms with van der Waals surface area (Å²) in [6.45, 7) is 18.9. The number of hydrogen-bond acceptors (Lipinski definition) is 1. The lowest BCUT2D eigenvalue weighted by molar-refractivity contribution is 0.139. The molecule has 0 bridgehead atoms. The van der Waals surface area contributed by atoms with Crippen LogP contribution < -0.4 is 0 Å². The van der Waals surface area contributed by atoms with E-state index in [2.05, 4.69) is 60.3 Å². The Morgan fingerprint density at radius 3 is 1.18 bits per heavy atom. The van der Waals surface area contributed by atoms with Gasteiger partial charge in [-0.05, 0) is 57.3 Å². The summed E-state index contributed by atoms with van der Waals surface area (Å²) in [4.78, 5) is 2.88. The molecule has 1 heteroatoms. The van der Waals surface area contributed by atoms with Gasteiger partial charge in [0.1, 0.15) is 0 Å². The van der Waals surface area contributed by atoms with Crippen molar-refractivity contribution in [2.75, 3.05) is 0 Å². The smallest absolute Gasteiger partial charge is 0.0284 e. The minimum atomic E-state index is 0.702. The molecule has 0 amide bonds. The first kappa shape index (κ1) is 21.5. The second kappa shape index (κ2) is 12.0. The molecular formula is C21H43N. The van der Waals surface area contributed by atoms with Crippen LogP contribution in [-0.2, 0) is 0 Å². The maximum atomic E-state index is 2.88. The van der Waals surface area contributed by atoms with E-state index in [1.165, 1.54) is 51.4 Å². The van der Waals surface area contributed by atoms with Crippen LogP contribution in [0.4, 0.5) is 0 Å². The summed E-state index contributed by atoms with van der Waals surface area (Å²) < 4.78 is 0. The summed E-state index contributed by atoms with van der Waals surface area (Å²) in [5.41, 5.74) is 3.42. The highest BCUT2D eigenvalue weighted by molar-refractivity contribution is 5.18. The topological polar surface area (TPSA) is 3.24 Å². The van der Waals surface area contributed by atoms with E-state index in [0.717, 1.165) is 5.92 Å². The molecule has 0 saturated carbocycles. The maximum absolute atomic E-state index is 2.88. The lowest BCUT2D eigenvalue weighted by atomic mass is 9.88. The Bertz CT molecular complexity index is 275. The van der Waals surface area contributed by atoms with Crippen molar-refractivity contribution in [3.8, 4) is 0 Å². The van der Waals surface area contributed by atoms with Gasteiger partial charge in [0.2, 0.25) is 0 Å². The Kier molecular flexibility index (Phi) is 11.8. The fourth-order valence-electron chi connectivity index (χ4n) is 4.03. The first-order chi connectivity index (χ1) is 10.6. The lowest BCUT2D eigenvalue weighted by Gasteiger charge is -2.44. The molecule has 0 spiro atoms. The minimum Gasteiger partial charge on any atom is -0.369 e. The third kappa shape index (κ3) is 5.32. The third-order valence-electron chi connectivity index (χ3n) is 5.54. The summed E-state index contributed by atoms with van der Waals surface area (Å²) in [5.74, 6) is 0.732. The molecule has 0 aromatic rings. The van der Waals surface area contributed by atoms with Crippen LogP contribution in [0.1, 0.15) is 107 Å². The standard InChI is InChI=1S/C21H43N/c1-9-17(10-2)21(18(11-3)12-4)22(19(13-5)14-6)20(15-7)16-8/h17,19-20H,9-16H2,1-8H3. The van der Waals surface area contributed by atoms with Gasteiger partial charge in [0.05, 0.1) is 0 Å². The molecule has 0 radical (unpaired) electrons. The normalized spacial score (nSPS) is 11.6. The molecule has 132 valence electrons. The van der Waals surface area contributed by atoms with Crippen molar-refractivity contribution in [3.05, 3.63) is 11.3 Å². The molecule has 0 aliphatic carbocycles. The second-order valence-corrected chi connectivity index (χ2v) is 6.56. The van der Waals surface area contributed by atoms with Crippen LogP contribution in [0, 0.1) is 5.92 Å². The molecular weight excluding hydrogens is 266 g/mol. The van der Waals surface area contributed by atoms with Gasteiger partial charge in [0.15, 0.2) is 0 Å². The van der Waals surface area contributed by atoms with Crippen LogP contribution >= 0.6 is 0 Å². The Morgan fingerprint density at radius 2 is 0.955 bits per heavy atom. The average Bonchev–Trinajstić information content (AvgIpc) is 2.56. The predicted octanol–water partition coefficient (Wildman–Crippen LogP) is 7.18. The highest BCUT2D eigenvalue weighted by Gasteiger charge is 2.29. The van der Waals surface area contributed by atoms with E-state index in [0.29, 0.717) is 12.1 Å². The minimum absolute atomic E-state index is 0.702. The van der Waals surface area contributed by atoms with E-state index in [1.54, 1.807) is 11.3 Å². The van der Waals surface area contributed by atoms with Crippen molar-refractivity contribution in [2.24, 2.45) is 5.92 Å². The van der Waals surface area contributed by atoms with Gasteiger partial charge >= 0.3 is 0 Å². The van der Waals surface area contributed by atoms with Gasteiger partial charge < -0.3 is 4.90 Å². The lowest BCUT2D eigenvalue weighted by Crippen LogP contribution is -2.44. The van der Waals surface area contributed by atoms with Crippen LogP contribution in [0.15, 0.2) is 11.3 Å². The van der Waals surface area contributed by atoms with Gasteiger partial charge in [0, 0.05) is 17.8 Å². The van der Waals surface area contributed by atoms with Crippen LogP contribution in [0.2, 0.25) is 0 Å². The Balaban J connectivity index is 6.08. The molecule has 0 N–H and O–H groups in total. The van der Waals surface area contributed by atoms with Gasteiger partial charge in [-0.2, -0.15) is 0 Å². The molecule has 22 heavy (non-hydrogen) atoms. The highest BCUT2D eigenvalue weighted by Crippen LogP contribution is 2.34. The van der Waals surface area contributed by atoms with Crippen LogP contribution in [0.5, 0.6) is 0 Å². The zero-order valence-electron chi connectivity index (χ0n) is 16.8. The maximum Gasteiger partial charge on any atom is 0.0284 e. The van der Waals surface area contributed by atoms with Crippen molar-refractivity contribution < 1.29 is 0 Å². The van der Waals surface area contributed by atoms with Gasteiger partial charge in [-0.15, -0.1) is 0 Å². The van der Waals surface area contributed by atoms with Crippen molar-refractivity contribution in [3.63, 3.8) is 0 Å². The van der Waals surface area contributed by atoms with Gasteiger partial charge in [-0.3, -0.25) is 0 Å². The van der Waals surface area contributed by atoms with E-state index in [-0.39, 0.29) is 0 Å². The van der Waals surface area contributed by atoms with E-state index >= 15 is 0 Å². The van der Waals surface area contributed by atoms with Crippen LogP contribution in [0.25, 0.3) is 0 Å². The van der Waals surface area contributed by atoms with E-state index in [9.17, 15) is 0 Å². The zero-order chi connectivity index (χ0) is 17.1. The third-order valence-corrected chi connectivity index (χ3v) is 5.54. The summed E-state index contributed by atoms with van der Waals surface area (Å²) in [5, 5.41) is 0. The first-order valence-electron chi connectivity index (χ1n) is 10.1. The SMILES string of the molecule is CCC(CC)=C(C(CC)CC)N(C(CC)CC)C(CC)CC. The molecule has 0 aromatic carbocycles. The molecule has 0 aliphatic heterocycles. The molecule has 0 atom stereocenters.